The van der Waals surface area contributed by atoms with E-state index in [0.717, 1.165) is 0 Å². The fraction of sp³-hybridized carbons (Fsp3) is 1.00. The van der Waals surface area contributed by atoms with Gasteiger partial charge >= 0.3 is 6.36 Å². The number of hydrogen-bond acceptors (Lipinski definition) is 3. The fourth-order valence-electron chi connectivity index (χ4n) is 0.704. The summed E-state index contributed by atoms with van der Waals surface area (Å²) < 4.78 is 59.1. The standard InChI is InChI=1S/C5H11F3O3SSi/c1-13(2,3)4-12(9,10)11-5(6,7)8/h4H2,1-3H3. The predicted octanol–water partition coefficient (Wildman–Crippen LogP) is 1.73. The van der Waals surface area contributed by atoms with Crippen molar-refractivity contribution in [1.82, 2.24) is 0 Å². The molecule has 0 aromatic heterocycles. The van der Waals surface area contributed by atoms with Gasteiger partial charge in [0.1, 0.15) is 0 Å². The van der Waals surface area contributed by atoms with Gasteiger partial charge in [-0.05, 0) is 0 Å². The average molecular weight is 236 g/mol. The van der Waals surface area contributed by atoms with Crippen LogP contribution < -0.4 is 0 Å². The Kier molecular flexibility index (Phi) is 3.56. The molecular weight excluding hydrogens is 225 g/mol. The zero-order valence-electron chi connectivity index (χ0n) is 7.47. The van der Waals surface area contributed by atoms with Crippen molar-refractivity contribution < 1.29 is 25.8 Å². The third-order valence-corrected chi connectivity index (χ3v) is 6.15. The first kappa shape index (κ1) is 12.9. The molecule has 0 N–H and O–H groups in total. The van der Waals surface area contributed by atoms with Crippen molar-refractivity contribution in [2.24, 2.45) is 0 Å². The predicted molar refractivity (Wildman–Crippen MR) is 44.3 cm³/mol. The van der Waals surface area contributed by atoms with E-state index in [1.807, 2.05) is 0 Å². The molecule has 0 saturated heterocycles. The minimum absolute atomic E-state index is 0.528. The summed E-state index contributed by atoms with van der Waals surface area (Å²) >= 11 is 0. The second kappa shape index (κ2) is 3.58. The van der Waals surface area contributed by atoms with E-state index in [9.17, 15) is 21.6 Å². The Morgan fingerprint density at radius 2 is 1.62 bits per heavy atom. The molecule has 0 heterocycles. The molecule has 0 aromatic rings. The summed E-state index contributed by atoms with van der Waals surface area (Å²) in [6, 6.07) is 0. The van der Waals surface area contributed by atoms with Crippen LogP contribution in [-0.4, -0.2) is 28.2 Å². The zero-order chi connectivity index (χ0) is 10.9. The van der Waals surface area contributed by atoms with E-state index < -0.39 is 29.9 Å². The van der Waals surface area contributed by atoms with Crippen molar-refractivity contribution in [3.05, 3.63) is 0 Å². The summed E-state index contributed by atoms with van der Waals surface area (Å²) in [5, 5.41) is -0.528. The Balaban J connectivity index is 4.46. The lowest BCUT2D eigenvalue weighted by Gasteiger charge is -2.15. The molecule has 0 amide bonds. The van der Waals surface area contributed by atoms with Gasteiger partial charge in [-0.3, -0.25) is 0 Å². The van der Waals surface area contributed by atoms with Gasteiger partial charge in [0.25, 0.3) is 10.1 Å². The molecule has 0 aliphatic rings. The summed E-state index contributed by atoms with van der Waals surface area (Å²) in [6.45, 7) is 4.93. The summed E-state index contributed by atoms with van der Waals surface area (Å²) in [5.41, 5.74) is 0. The van der Waals surface area contributed by atoms with Crippen molar-refractivity contribution in [3.63, 3.8) is 0 Å². The molecule has 0 aromatic carbocycles. The lowest BCUT2D eigenvalue weighted by molar-refractivity contribution is -0.271. The van der Waals surface area contributed by atoms with Gasteiger partial charge in [-0.25, -0.2) is 0 Å². The monoisotopic (exact) mass is 236 g/mol. The van der Waals surface area contributed by atoms with Gasteiger partial charge in [-0.2, -0.15) is 12.6 Å². The molecule has 80 valence electrons. The first-order chi connectivity index (χ1) is 5.41. The maximum atomic E-state index is 11.5. The molecule has 0 unspecified atom stereocenters. The van der Waals surface area contributed by atoms with Crippen LogP contribution in [0.25, 0.3) is 0 Å². The van der Waals surface area contributed by atoms with Gasteiger partial charge in [-0.15, -0.1) is 13.2 Å². The minimum atomic E-state index is -5.11. The lowest BCUT2D eigenvalue weighted by Crippen LogP contribution is -2.35. The van der Waals surface area contributed by atoms with Crippen LogP contribution in [0.3, 0.4) is 0 Å². The van der Waals surface area contributed by atoms with E-state index in [1.165, 1.54) is 0 Å². The third-order valence-electron chi connectivity index (χ3n) is 0.831. The molecule has 0 aliphatic carbocycles. The number of hydrogen-bond donors (Lipinski definition) is 0. The SMILES string of the molecule is C[Si](C)(C)CS(=O)(=O)OC(F)(F)F. The van der Waals surface area contributed by atoms with Crippen LogP contribution in [0.15, 0.2) is 0 Å². The molecular formula is C5H11F3O3SSi. The average Bonchev–Trinajstić information content (AvgIpc) is 1.43. The Bertz CT molecular complexity index is 242. The summed E-state index contributed by atoms with van der Waals surface area (Å²) in [7, 11) is -6.57. The summed E-state index contributed by atoms with van der Waals surface area (Å²) in [5.74, 6) is 0. The van der Waals surface area contributed by atoms with Crippen molar-refractivity contribution >= 4 is 18.2 Å². The molecule has 13 heavy (non-hydrogen) atoms. The van der Waals surface area contributed by atoms with Gasteiger partial charge in [0, 0.05) is 0 Å². The van der Waals surface area contributed by atoms with Crippen LogP contribution in [0, 0.1) is 0 Å². The van der Waals surface area contributed by atoms with Crippen LogP contribution in [-0.2, 0) is 14.3 Å². The molecule has 0 aliphatic heterocycles. The lowest BCUT2D eigenvalue weighted by atomic mass is 11.4. The smallest absolute Gasteiger partial charge is 0.199 e. The highest BCUT2D eigenvalue weighted by Crippen LogP contribution is 2.21. The molecule has 0 radical (unpaired) electrons. The quantitative estimate of drug-likeness (QED) is 0.553. The van der Waals surface area contributed by atoms with Gasteiger partial charge in [0.2, 0.25) is 0 Å². The molecule has 3 nitrogen and oxygen atoms in total. The number of alkyl halides is 3. The Hall–Kier alpha value is -0.0831. The Morgan fingerprint density at radius 3 is 1.85 bits per heavy atom. The molecule has 0 fully saturated rings. The Morgan fingerprint density at radius 1 is 1.23 bits per heavy atom. The first-order valence-electron chi connectivity index (χ1n) is 3.41. The van der Waals surface area contributed by atoms with Gasteiger partial charge in [0.15, 0.2) is 0 Å². The third kappa shape index (κ3) is 8.25. The normalized spacial score (nSPS) is 14.6. The van der Waals surface area contributed by atoms with Crippen LogP contribution in [0.5, 0.6) is 0 Å². The molecule has 8 heteroatoms. The van der Waals surface area contributed by atoms with Crippen LogP contribution in [0.2, 0.25) is 19.6 Å². The van der Waals surface area contributed by atoms with E-state index in [2.05, 4.69) is 4.18 Å². The van der Waals surface area contributed by atoms with Gasteiger partial charge < -0.3 is 0 Å². The van der Waals surface area contributed by atoms with E-state index in [4.69, 9.17) is 0 Å². The second-order valence-corrected chi connectivity index (χ2v) is 11.3. The van der Waals surface area contributed by atoms with Crippen molar-refractivity contribution in [3.8, 4) is 0 Å². The van der Waals surface area contributed by atoms with Crippen molar-refractivity contribution in [2.75, 3.05) is 5.38 Å². The van der Waals surface area contributed by atoms with Crippen LogP contribution in [0.1, 0.15) is 0 Å². The minimum Gasteiger partial charge on any atom is -0.199 e. The van der Waals surface area contributed by atoms with E-state index in [0.29, 0.717) is 0 Å². The highest BCUT2D eigenvalue weighted by molar-refractivity contribution is 7.88. The van der Waals surface area contributed by atoms with Crippen molar-refractivity contribution in [2.45, 2.75) is 26.0 Å². The van der Waals surface area contributed by atoms with Gasteiger partial charge in [-0.1, -0.05) is 19.6 Å². The van der Waals surface area contributed by atoms with Crippen molar-refractivity contribution in [1.29, 1.82) is 0 Å². The Labute approximate surface area is 76.0 Å². The molecule has 0 spiro atoms. The first-order valence-corrected chi connectivity index (χ1v) is 8.70. The number of halogens is 3. The van der Waals surface area contributed by atoms with Gasteiger partial charge in [0.05, 0.1) is 13.5 Å². The van der Waals surface area contributed by atoms with Crippen LogP contribution in [0.4, 0.5) is 13.2 Å². The van der Waals surface area contributed by atoms with E-state index >= 15 is 0 Å². The summed E-state index contributed by atoms with van der Waals surface area (Å²) in [6.07, 6.45) is -5.11. The zero-order valence-corrected chi connectivity index (χ0v) is 9.29. The van der Waals surface area contributed by atoms with E-state index in [-0.39, 0.29) is 0 Å². The van der Waals surface area contributed by atoms with Crippen LogP contribution >= 0.6 is 0 Å². The highest BCUT2D eigenvalue weighted by atomic mass is 32.2. The molecule has 0 saturated carbocycles. The maximum absolute atomic E-state index is 11.5. The molecule has 0 atom stereocenters. The summed E-state index contributed by atoms with van der Waals surface area (Å²) in [4.78, 5) is 0. The fourth-order valence-corrected chi connectivity index (χ4v) is 5.47. The molecule has 0 bridgehead atoms. The largest absolute Gasteiger partial charge is 0.537 e. The second-order valence-electron chi connectivity index (χ2n) is 3.79. The van der Waals surface area contributed by atoms with E-state index in [1.54, 1.807) is 19.6 Å². The highest BCUT2D eigenvalue weighted by Gasteiger charge is 2.38. The number of rotatable bonds is 3. The molecule has 0 rings (SSSR count). The topological polar surface area (TPSA) is 43.4 Å². The maximum Gasteiger partial charge on any atom is 0.537 e.